The van der Waals surface area contributed by atoms with Gasteiger partial charge in [-0.2, -0.15) is 5.10 Å². The first-order valence-electron chi connectivity index (χ1n) is 7.60. The molecule has 1 aliphatic carbocycles. The molecule has 108 valence electrons. The lowest BCUT2D eigenvalue weighted by atomic mass is 9.92. The van der Waals surface area contributed by atoms with E-state index in [2.05, 4.69) is 5.10 Å². The van der Waals surface area contributed by atoms with Crippen LogP contribution in [0.25, 0.3) is 0 Å². The topological polar surface area (TPSA) is 55.2 Å². The molecule has 3 rings (SSSR count). The lowest BCUT2D eigenvalue weighted by molar-refractivity contribution is 0.0539. The standard InChI is InChI=1S/C15H21N3O2/c1-2-18-14(19)9-8-12(16-18)15(20)17-10-4-6-11-5-3-7-13(11)17/h8-9,11,13H,2-7,10H2,1H3. The van der Waals surface area contributed by atoms with E-state index in [0.29, 0.717) is 24.2 Å². The third kappa shape index (κ3) is 2.25. The molecule has 20 heavy (non-hydrogen) atoms. The second-order valence-electron chi connectivity index (χ2n) is 5.77. The van der Waals surface area contributed by atoms with E-state index >= 15 is 0 Å². The SMILES string of the molecule is CCn1nc(C(=O)N2CCCC3CCCC32)ccc1=O. The molecule has 1 saturated carbocycles. The minimum atomic E-state index is -0.151. The second kappa shape index (κ2) is 5.38. The van der Waals surface area contributed by atoms with E-state index in [-0.39, 0.29) is 11.5 Å². The summed E-state index contributed by atoms with van der Waals surface area (Å²) in [5.74, 6) is 0.661. The smallest absolute Gasteiger partial charge is 0.274 e. The van der Waals surface area contributed by atoms with Gasteiger partial charge in [-0.25, -0.2) is 4.68 Å². The normalized spacial score (nSPS) is 25.6. The van der Waals surface area contributed by atoms with E-state index < -0.39 is 0 Å². The Morgan fingerprint density at radius 2 is 2.10 bits per heavy atom. The first-order chi connectivity index (χ1) is 9.70. The summed E-state index contributed by atoms with van der Waals surface area (Å²) in [5.41, 5.74) is 0.250. The number of rotatable bonds is 2. The molecule has 2 fully saturated rings. The van der Waals surface area contributed by atoms with Crippen LogP contribution in [0.5, 0.6) is 0 Å². The van der Waals surface area contributed by atoms with Crippen molar-refractivity contribution >= 4 is 5.91 Å². The molecule has 1 aromatic heterocycles. The van der Waals surface area contributed by atoms with Crippen LogP contribution in [-0.4, -0.2) is 33.2 Å². The molecule has 1 aliphatic heterocycles. The molecule has 1 saturated heterocycles. The fraction of sp³-hybridized carbons (Fsp3) is 0.667. The summed E-state index contributed by atoms with van der Waals surface area (Å²) in [4.78, 5) is 26.2. The average Bonchev–Trinajstić information content (AvgIpc) is 2.95. The maximum Gasteiger partial charge on any atom is 0.274 e. The summed E-state index contributed by atoms with van der Waals surface area (Å²) in [7, 11) is 0. The van der Waals surface area contributed by atoms with E-state index in [0.717, 1.165) is 19.4 Å². The molecule has 5 heteroatoms. The highest BCUT2D eigenvalue weighted by molar-refractivity contribution is 5.92. The van der Waals surface area contributed by atoms with Crippen LogP contribution in [0.15, 0.2) is 16.9 Å². The van der Waals surface area contributed by atoms with E-state index in [1.165, 1.54) is 30.0 Å². The molecular formula is C15H21N3O2. The molecule has 0 radical (unpaired) electrons. The molecular weight excluding hydrogens is 254 g/mol. The van der Waals surface area contributed by atoms with Gasteiger partial charge in [-0.1, -0.05) is 6.42 Å². The monoisotopic (exact) mass is 275 g/mol. The Balaban J connectivity index is 1.86. The number of hydrogen-bond acceptors (Lipinski definition) is 3. The lowest BCUT2D eigenvalue weighted by Crippen LogP contribution is -2.46. The maximum atomic E-state index is 12.7. The van der Waals surface area contributed by atoms with Gasteiger partial charge in [0, 0.05) is 25.2 Å². The fourth-order valence-corrected chi connectivity index (χ4v) is 3.64. The molecule has 0 spiro atoms. The van der Waals surface area contributed by atoms with Crippen molar-refractivity contribution < 1.29 is 4.79 Å². The summed E-state index contributed by atoms with van der Waals surface area (Å²) in [6, 6.07) is 3.40. The van der Waals surface area contributed by atoms with Crippen LogP contribution >= 0.6 is 0 Å². The van der Waals surface area contributed by atoms with Gasteiger partial charge in [0.15, 0.2) is 0 Å². The number of nitrogens with zero attached hydrogens (tertiary/aromatic N) is 3. The Morgan fingerprint density at radius 1 is 1.30 bits per heavy atom. The maximum absolute atomic E-state index is 12.7. The van der Waals surface area contributed by atoms with Gasteiger partial charge in [0.25, 0.3) is 11.5 Å². The number of aryl methyl sites for hydroxylation is 1. The zero-order chi connectivity index (χ0) is 14.1. The number of carbonyl (C=O) groups excluding carboxylic acids is 1. The van der Waals surface area contributed by atoms with Crippen LogP contribution in [0.1, 0.15) is 49.5 Å². The van der Waals surface area contributed by atoms with E-state index in [9.17, 15) is 9.59 Å². The largest absolute Gasteiger partial charge is 0.334 e. The quantitative estimate of drug-likeness (QED) is 0.825. The number of likely N-dealkylation sites (tertiary alicyclic amines) is 1. The summed E-state index contributed by atoms with van der Waals surface area (Å²) < 4.78 is 1.35. The number of piperidine rings is 1. The highest BCUT2D eigenvalue weighted by Crippen LogP contribution is 2.37. The molecule has 2 heterocycles. The lowest BCUT2D eigenvalue weighted by Gasteiger charge is -2.37. The van der Waals surface area contributed by atoms with Crippen molar-refractivity contribution in [2.24, 2.45) is 5.92 Å². The van der Waals surface area contributed by atoms with Crippen LogP contribution in [0.4, 0.5) is 0 Å². The summed E-state index contributed by atoms with van der Waals surface area (Å²) in [5, 5.41) is 4.19. The Labute approximate surface area is 118 Å². The summed E-state index contributed by atoms with van der Waals surface area (Å²) >= 11 is 0. The third-order valence-electron chi connectivity index (χ3n) is 4.64. The van der Waals surface area contributed by atoms with Gasteiger partial charge >= 0.3 is 0 Å². The highest BCUT2D eigenvalue weighted by atomic mass is 16.2. The minimum Gasteiger partial charge on any atom is -0.334 e. The predicted octanol–water partition coefficient (Wildman–Crippen LogP) is 1.67. The van der Waals surface area contributed by atoms with Crippen LogP contribution in [0.2, 0.25) is 0 Å². The third-order valence-corrected chi connectivity index (χ3v) is 4.64. The van der Waals surface area contributed by atoms with Gasteiger partial charge < -0.3 is 4.90 Å². The second-order valence-corrected chi connectivity index (χ2v) is 5.77. The predicted molar refractivity (Wildman–Crippen MR) is 75.6 cm³/mol. The molecule has 0 aromatic carbocycles. The number of fused-ring (bicyclic) bond motifs is 1. The average molecular weight is 275 g/mol. The van der Waals surface area contributed by atoms with Crippen molar-refractivity contribution in [1.82, 2.24) is 14.7 Å². The summed E-state index contributed by atoms with van der Waals surface area (Å²) in [6.45, 7) is 3.18. The number of aromatic nitrogens is 2. The highest BCUT2D eigenvalue weighted by Gasteiger charge is 2.37. The Hall–Kier alpha value is -1.65. The van der Waals surface area contributed by atoms with Gasteiger partial charge in [-0.3, -0.25) is 9.59 Å². The molecule has 2 aliphatic rings. The number of carbonyl (C=O) groups is 1. The van der Waals surface area contributed by atoms with Crippen molar-refractivity contribution in [1.29, 1.82) is 0 Å². The van der Waals surface area contributed by atoms with Crippen LogP contribution in [-0.2, 0) is 6.54 Å². The van der Waals surface area contributed by atoms with Crippen molar-refractivity contribution in [3.63, 3.8) is 0 Å². The Bertz CT molecular complexity index is 566. The number of amides is 1. The van der Waals surface area contributed by atoms with Crippen molar-refractivity contribution in [2.75, 3.05) is 6.54 Å². The first-order valence-corrected chi connectivity index (χ1v) is 7.60. The first kappa shape index (κ1) is 13.3. The van der Waals surface area contributed by atoms with Crippen LogP contribution in [0.3, 0.4) is 0 Å². The fourth-order valence-electron chi connectivity index (χ4n) is 3.64. The minimum absolute atomic E-state index is 0.0104. The molecule has 1 amide bonds. The Kier molecular flexibility index (Phi) is 3.59. The van der Waals surface area contributed by atoms with Crippen molar-refractivity contribution in [2.45, 2.75) is 51.6 Å². The molecule has 5 nitrogen and oxygen atoms in total. The molecule has 0 N–H and O–H groups in total. The molecule has 1 aromatic rings. The molecule has 2 unspecified atom stereocenters. The van der Waals surface area contributed by atoms with Crippen molar-refractivity contribution in [3.8, 4) is 0 Å². The zero-order valence-electron chi connectivity index (χ0n) is 11.9. The van der Waals surface area contributed by atoms with Crippen LogP contribution < -0.4 is 5.56 Å². The number of hydrogen-bond donors (Lipinski definition) is 0. The van der Waals surface area contributed by atoms with Gasteiger partial charge in [0.2, 0.25) is 0 Å². The van der Waals surface area contributed by atoms with Gasteiger partial charge in [0.05, 0.1) is 0 Å². The molecule has 2 atom stereocenters. The zero-order valence-corrected chi connectivity index (χ0v) is 11.9. The van der Waals surface area contributed by atoms with E-state index in [4.69, 9.17) is 0 Å². The van der Waals surface area contributed by atoms with E-state index in [1.807, 2.05) is 11.8 Å². The van der Waals surface area contributed by atoms with E-state index in [1.54, 1.807) is 6.07 Å². The van der Waals surface area contributed by atoms with Gasteiger partial charge in [-0.15, -0.1) is 0 Å². The summed E-state index contributed by atoms with van der Waals surface area (Å²) in [6.07, 6.45) is 5.91. The van der Waals surface area contributed by atoms with Gasteiger partial charge in [-0.05, 0) is 44.6 Å². The molecule has 0 bridgehead atoms. The van der Waals surface area contributed by atoms with Crippen molar-refractivity contribution in [3.05, 3.63) is 28.2 Å². The Morgan fingerprint density at radius 3 is 2.90 bits per heavy atom. The van der Waals surface area contributed by atoms with Crippen LogP contribution in [0, 0.1) is 5.92 Å². The van der Waals surface area contributed by atoms with Gasteiger partial charge in [0.1, 0.15) is 5.69 Å².